The lowest BCUT2D eigenvalue weighted by molar-refractivity contribution is -0.137. The van der Waals surface area contributed by atoms with E-state index in [2.05, 4.69) is 25.7 Å². The first-order valence-corrected chi connectivity index (χ1v) is 10.3. The zero-order valence-electron chi connectivity index (χ0n) is 18.1. The topological polar surface area (TPSA) is 94.0 Å². The van der Waals surface area contributed by atoms with Gasteiger partial charge in [-0.1, -0.05) is 11.6 Å². The predicted molar refractivity (Wildman–Crippen MR) is 120 cm³/mol. The Balaban J connectivity index is 1.52. The zero-order valence-corrected chi connectivity index (χ0v) is 18.8. The Kier molecular flexibility index (Phi) is 6.75. The number of hydrogen-bond acceptors (Lipinski definition) is 5. The third-order valence-electron chi connectivity index (χ3n) is 4.66. The van der Waals surface area contributed by atoms with E-state index in [1.54, 1.807) is 24.1 Å². The van der Waals surface area contributed by atoms with Crippen LogP contribution in [0.2, 0.25) is 5.02 Å². The molecule has 2 heterocycles. The molecule has 0 atom stereocenters. The molecular weight excluding hydrogens is 511 g/mol. The molecule has 0 spiro atoms. The largest absolute Gasteiger partial charge is 0.436 e. The molecule has 0 unspecified atom stereocenters. The number of carbonyl (C=O) groups excluding carboxylic acids is 1. The molecule has 0 radical (unpaired) electrons. The van der Waals surface area contributed by atoms with Crippen molar-refractivity contribution >= 4 is 29.0 Å². The number of benzene rings is 2. The van der Waals surface area contributed by atoms with Gasteiger partial charge in [-0.15, -0.1) is 0 Å². The average molecular weight is 525 g/mol. The fraction of sp³-hybridized carbons (Fsp3) is 0.0909. The van der Waals surface area contributed by atoms with Crippen molar-refractivity contribution in [2.24, 2.45) is 7.05 Å². The molecule has 4 aromatic rings. The van der Waals surface area contributed by atoms with Crippen molar-refractivity contribution in [2.45, 2.75) is 6.18 Å². The van der Waals surface area contributed by atoms with Crippen molar-refractivity contribution in [1.29, 1.82) is 0 Å². The summed E-state index contributed by atoms with van der Waals surface area (Å²) in [5.41, 5.74) is -0.863. The number of hydrogen-bond donors (Lipinski definition) is 2. The standard InChI is InChI=1S/C22H14ClF5N6O2/c1-34-9-11(8-31-34)17-7-20(30-10-29-17)36-19-6-18(15(24)5-16(19)25)33-21(35)32-12-2-3-14(23)13(4-12)22(26,27)28/h2-10H,1H3,(H2,32,33,35). The summed E-state index contributed by atoms with van der Waals surface area (Å²) < 4.78 is 74.7. The SMILES string of the molecule is Cn1cc(-c2cc(Oc3cc(NC(=O)Nc4ccc(Cl)c(C(F)(F)F)c4)c(F)cc3F)ncn2)cn1. The summed E-state index contributed by atoms with van der Waals surface area (Å²) in [4.78, 5) is 20.2. The van der Waals surface area contributed by atoms with Gasteiger partial charge in [-0.05, 0) is 18.2 Å². The smallest absolute Gasteiger partial charge is 0.417 e. The second-order valence-electron chi connectivity index (χ2n) is 7.28. The first-order chi connectivity index (χ1) is 17.0. The number of aromatic nitrogens is 4. The molecule has 14 heteroatoms. The van der Waals surface area contributed by atoms with Gasteiger partial charge in [0.05, 0.1) is 28.2 Å². The third kappa shape index (κ3) is 5.68. The fourth-order valence-electron chi connectivity index (χ4n) is 3.03. The number of nitrogens with one attached hydrogen (secondary N) is 2. The summed E-state index contributed by atoms with van der Waals surface area (Å²) in [5.74, 6) is -2.80. The van der Waals surface area contributed by atoms with Crippen LogP contribution in [0.4, 0.5) is 38.1 Å². The second kappa shape index (κ2) is 9.77. The van der Waals surface area contributed by atoms with E-state index >= 15 is 0 Å². The van der Waals surface area contributed by atoms with Crippen LogP contribution in [0.1, 0.15) is 5.56 Å². The minimum absolute atomic E-state index is 0.0781. The molecule has 4 rings (SSSR count). The highest BCUT2D eigenvalue weighted by molar-refractivity contribution is 6.31. The number of ether oxygens (including phenoxy) is 1. The maximum atomic E-state index is 14.4. The molecule has 0 saturated carbocycles. The van der Waals surface area contributed by atoms with Crippen LogP contribution in [0.25, 0.3) is 11.3 Å². The Morgan fingerprint density at radius 1 is 1.06 bits per heavy atom. The Labute approximate surface area is 204 Å². The van der Waals surface area contributed by atoms with Crippen LogP contribution in [0.3, 0.4) is 0 Å². The average Bonchev–Trinajstić information content (AvgIpc) is 3.24. The van der Waals surface area contributed by atoms with Gasteiger partial charge in [-0.2, -0.15) is 18.3 Å². The Hall–Kier alpha value is -4.26. The monoisotopic (exact) mass is 524 g/mol. The highest BCUT2D eigenvalue weighted by atomic mass is 35.5. The summed E-state index contributed by atoms with van der Waals surface area (Å²) in [5, 5.41) is 7.69. The van der Waals surface area contributed by atoms with Crippen molar-refractivity contribution in [2.75, 3.05) is 10.6 Å². The van der Waals surface area contributed by atoms with Gasteiger partial charge in [0, 0.05) is 42.7 Å². The first-order valence-electron chi connectivity index (χ1n) is 9.92. The minimum Gasteiger partial charge on any atom is -0.436 e. The van der Waals surface area contributed by atoms with Crippen LogP contribution in [0.15, 0.2) is 55.1 Å². The van der Waals surface area contributed by atoms with Crippen LogP contribution in [0, 0.1) is 11.6 Å². The van der Waals surface area contributed by atoms with E-state index in [1.165, 1.54) is 12.4 Å². The van der Waals surface area contributed by atoms with Gasteiger partial charge >= 0.3 is 12.2 Å². The van der Waals surface area contributed by atoms with Gasteiger partial charge in [0.15, 0.2) is 11.6 Å². The molecule has 0 saturated heterocycles. The maximum Gasteiger partial charge on any atom is 0.417 e. The van der Waals surface area contributed by atoms with Crippen LogP contribution in [0.5, 0.6) is 11.6 Å². The lowest BCUT2D eigenvalue weighted by atomic mass is 10.2. The lowest BCUT2D eigenvalue weighted by Gasteiger charge is -2.13. The van der Waals surface area contributed by atoms with Gasteiger partial charge in [0.2, 0.25) is 5.88 Å². The van der Waals surface area contributed by atoms with E-state index in [0.717, 1.165) is 18.2 Å². The number of amides is 2. The summed E-state index contributed by atoms with van der Waals surface area (Å²) in [6.45, 7) is 0. The lowest BCUT2D eigenvalue weighted by Crippen LogP contribution is -2.20. The minimum atomic E-state index is -4.75. The van der Waals surface area contributed by atoms with Crippen LogP contribution >= 0.6 is 11.6 Å². The van der Waals surface area contributed by atoms with Crippen LogP contribution < -0.4 is 15.4 Å². The van der Waals surface area contributed by atoms with E-state index in [0.29, 0.717) is 23.4 Å². The molecule has 0 aliphatic heterocycles. The number of carbonyl (C=O) groups is 1. The van der Waals surface area contributed by atoms with Crippen molar-refractivity contribution in [1.82, 2.24) is 19.7 Å². The highest BCUT2D eigenvalue weighted by Gasteiger charge is 2.33. The van der Waals surface area contributed by atoms with Crippen LogP contribution in [-0.2, 0) is 13.2 Å². The fourth-order valence-corrected chi connectivity index (χ4v) is 3.25. The molecule has 0 aliphatic rings. The van der Waals surface area contributed by atoms with Crippen molar-refractivity contribution in [3.63, 3.8) is 0 Å². The Morgan fingerprint density at radius 2 is 1.83 bits per heavy atom. The number of alkyl halides is 3. The molecule has 186 valence electrons. The Morgan fingerprint density at radius 3 is 2.53 bits per heavy atom. The number of urea groups is 1. The molecule has 36 heavy (non-hydrogen) atoms. The normalized spacial score (nSPS) is 11.3. The van der Waals surface area contributed by atoms with Gasteiger partial charge in [-0.3, -0.25) is 4.68 Å². The quantitative estimate of drug-likeness (QED) is 0.300. The van der Waals surface area contributed by atoms with E-state index in [9.17, 15) is 26.7 Å². The molecule has 2 amide bonds. The van der Waals surface area contributed by atoms with Crippen LogP contribution in [-0.4, -0.2) is 25.8 Å². The number of aryl methyl sites for hydroxylation is 1. The van der Waals surface area contributed by atoms with Crippen molar-refractivity contribution in [3.05, 3.63) is 77.3 Å². The zero-order chi connectivity index (χ0) is 26.0. The van der Waals surface area contributed by atoms with E-state index in [-0.39, 0.29) is 11.6 Å². The summed E-state index contributed by atoms with van der Waals surface area (Å²) in [7, 11) is 1.71. The number of anilines is 2. The number of rotatable bonds is 5. The first kappa shape index (κ1) is 24.9. The van der Waals surface area contributed by atoms with E-state index in [4.69, 9.17) is 16.3 Å². The predicted octanol–water partition coefficient (Wildman–Crippen LogP) is 6.26. The van der Waals surface area contributed by atoms with E-state index < -0.39 is 45.9 Å². The van der Waals surface area contributed by atoms with Gasteiger partial charge < -0.3 is 15.4 Å². The molecule has 8 nitrogen and oxygen atoms in total. The Bertz CT molecular complexity index is 1440. The summed E-state index contributed by atoms with van der Waals surface area (Å²) in [6.07, 6.45) is -0.349. The molecule has 2 aromatic carbocycles. The van der Waals surface area contributed by atoms with E-state index in [1.807, 2.05) is 0 Å². The van der Waals surface area contributed by atoms with Gasteiger partial charge in [-0.25, -0.2) is 23.5 Å². The molecule has 2 N–H and O–H groups in total. The van der Waals surface area contributed by atoms with Crippen molar-refractivity contribution < 1.29 is 31.5 Å². The van der Waals surface area contributed by atoms with Gasteiger partial charge in [0.1, 0.15) is 12.1 Å². The van der Waals surface area contributed by atoms with Gasteiger partial charge in [0.25, 0.3) is 0 Å². The molecular formula is C22H14ClF5N6O2. The molecule has 2 aromatic heterocycles. The molecule has 0 aliphatic carbocycles. The second-order valence-corrected chi connectivity index (χ2v) is 7.69. The summed E-state index contributed by atoms with van der Waals surface area (Å²) in [6, 6.07) is 4.33. The third-order valence-corrected chi connectivity index (χ3v) is 4.99. The number of halogens is 6. The molecule has 0 fully saturated rings. The summed E-state index contributed by atoms with van der Waals surface area (Å²) >= 11 is 5.55. The highest BCUT2D eigenvalue weighted by Crippen LogP contribution is 2.36. The maximum absolute atomic E-state index is 14.4. The van der Waals surface area contributed by atoms with Crippen molar-refractivity contribution in [3.8, 4) is 22.9 Å². The molecule has 0 bridgehead atoms. The number of nitrogens with zero attached hydrogens (tertiary/aromatic N) is 4.